The predicted octanol–water partition coefficient (Wildman–Crippen LogP) is 9.35. The molecular weight excluding hydrogens is 632 g/mol. The lowest BCUT2D eigenvalue weighted by Gasteiger charge is -2.35. The molecule has 0 aliphatic carbocycles. The van der Waals surface area contributed by atoms with Gasteiger partial charge in [-0.3, -0.25) is 9.98 Å². The van der Waals surface area contributed by atoms with Gasteiger partial charge in [0, 0.05) is 34.6 Å². The zero-order valence-corrected chi connectivity index (χ0v) is 28.7. The molecule has 0 bridgehead atoms. The van der Waals surface area contributed by atoms with Crippen LogP contribution in [0.25, 0.3) is 0 Å². The van der Waals surface area contributed by atoms with Gasteiger partial charge in [0.15, 0.2) is 0 Å². The molecule has 246 valence electrons. The fraction of sp³-hybridized carbons (Fsp3) is 0.395. The Balaban J connectivity index is 1.34. The van der Waals surface area contributed by atoms with Gasteiger partial charge in [-0.15, -0.1) is 18.3 Å². The van der Waals surface area contributed by atoms with Gasteiger partial charge in [0.2, 0.25) is 0 Å². The first-order valence-electron chi connectivity index (χ1n) is 16.5. The van der Waals surface area contributed by atoms with Crippen molar-refractivity contribution < 1.29 is 8.78 Å². The molecule has 2 aromatic rings. The van der Waals surface area contributed by atoms with Crippen LogP contribution in [0.1, 0.15) is 63.4 Å². The maximum absolute atomic E-state index is 14.2. The molecule has 5 heterocycles. The van der Waals surface area contributed by atoms with Crippen molar-refractivity contribution in [2.45, 2.75) is 63.5 Å². The number of nitrogens with one attached hydrogen (secondary N) is 1. The van der Waals surface area contributed by atoms with Crippen molar-refractivity contribution in [2.75, 3.05) is 13.1 Å². The fourth-order valence-corrected chi connectivity index (χ4v) is 8.27. The minimum atomic E-state index is -1.12. The topological polar surface area (TPSA) is 52.9 Å². The Labute approximate surface area is 286 Å². The van der Waals surface area contributed by atoms with E-state index in [-0.39, 0.29) is 17.2 Å². The molecule has 1 fully saturated rings. The number of rotatable bonds is 12. The van der Waals surface area contributed by atoms with Crippen LogP contribution >= 0.6 is 23.4 Å². The second kappa shape index (κ2) is 14.8. The minimum Gasteiger partial charge on any atom is -0.332 e. The second-order valence-electron chi connectivity index (χ2n) is 12.9. The van der Waals surface area contributed by atoms with Gasteiger partial charge in [0.05, 0.1) is 28.4 Å². The van der Waals surface area contributed by atoms with Gasteiger partial charge in [-0.25, -0.2) is 13.8 Å². The number of aliphatic imine (C=N–C) groups is 2. The van der Waals surface area contributed by atoms with E-state index in [0.29, 0.717) is 22.6 Å². The Morgan fingerprint density at radius 1 is 1.19 bits per heavy atom. The Bertz CT molecular complexity index is 1650. The van der Waals surface area contributed by atoms with Crippen LogP contribution in [0, 0.1) is 23.6 Å². The van der Waals surface area contributed by atoms with Gasteiger partial charge in [-0.1, -0.05) is 49.7 Å². The van der Waals surface area contributed by atoms with E-state index in [2.05, 4.69) is 59.3 Å². The molecule has 1 aromatic heterocycles. The lowest BCUT2D eigenvalue weighted by molar-refractivity contribution is 0.343. The van der Waals surface area contributed by atoms with Gasteiger partial charge >= 0.3 is 0 Å². The first kappa shape index (κ1) is 33.6. The first-order valence-corrected chi connectivity index (χ1v) is 17.8. The van der Waals surface area contributed by atoms with Gasteiger partial charge in [0.25, 0.3) is 0 Å². The lowest BCUT2D eigenvalue weighted by atomic mass is 9.86. The van der Waals surface area contributed by atoms with Crippen LogP contribution in [0.5, 0.6) is 0 Å². The number of alkyl halides is 1. The summed E-state index contributed by atoms with van der Waals surface area (Å²) in [5, 5.41) is 6.41. The van der Waals surface area contributed by atoms with E-state index < -0.39 is 18.0 Å². The van der Waals surface area contributed by atoms with E-state index in [1.807, 2.05) is 30.5 Å². The molecule has 5 nitrogen and oxygen atoms in total. The summed E-state index contributed by atoms with van der Waals surface area (Å²) in [6.07, 6.45) is 12.9. The minimum absolute atomic E-state index is 0.166. The molecule has 1 N–H and O–H groups in total. The van der Waals surface area contributed by atoms with E-state index in [1.54, 1.807) is 17.8 Å². The summed E-state index contributed by atoms with van der Waals surface area (Å²) in [6, 6.07) is 10.3. The van der Waals surface area contributed by atoms with Crippen molar-refractivity contribution in [1.29, 1.82) is 0 Å². The third-order valence-corrected chi connectivity index (χ3v) is 10.7. The quantitative estimate of drug-likeness (QED) is 0.228. The van der Waals surface area contributed by atoms with Crippen LogP contribution < -0.4 is 5.32 Å². The number of pyridine rings is 1. The number of hydrogen-bond donors (Lipinski definition) is 1. The van der Waals surface area contributed by atoms with Crippen LogP contribution in [-0.2, 0) is 0 Å². The molecule has 1 aromatic carbocycles. The number of allylic oxidation sites excluding steroid dienone is 6. The highest BCUT2D eigenvalue weighted by Gasteiger charge is 2.43. The number of aromatic nitrogens is 1. The number of benzene rings is 1. The maximum atomic E-state index is 14.2. The predicted molar refractivity (Wildman–Crippen MR) is 192 cm³/mol. The average Bonchev–Trinajstić information content (AvgIpc) is 3.82. The molecule has 3 unspecified atom stereocenters. The van der Waals surface area contributed by atoms with Gasteiger partial charge in [-0.2, -0.15) is 0 Å². The summed E-state index contributed by atoms with van der Waals surface area (Å²) in [7, 11) is 0. The maximum Gasteiger partial charge on any atom is 0.124 e. The van der Waals surface area contributed by atoms with Crippen molar-refractivity contribution in [1.82, 2.24) is 15.2 Å². The molecular formula is C38H42ClF2N5S. The van der Waals surface area contributed by atoms with Crippen molar-refractivity contribution >= 4 is 34.9 Å². The third-order valence-electron chi connectivity index (χ3n) is 9.32. The number of nitrogens with zero attached hydrogens (tertiary/aromatic N) is 4. The Morgan fingerprint density at radius 3 is 2.72 bits per heavy atom. The molecule has 47 heavy (non-hydrogen) atoms. The van der Waals surface area contributed by atoms with Crippen molar-refractivity contribution in [3.8, 4) is 0 Å². The Kier molecular flexibility index (Phi) is 10.6. The Morgan fingerprint density at radius 2 is 2.04 bits per heavy atom. The molecule has 6 rings (SSSR count). The first-order chi connectivity index (χ1) is 22.7. The van der Waals surface area contributed by atoms with Crippen molar-refractivity contribution in [3.05, 3.63) is 124 Å². The van der Waals surface area contributed by atoms with E-state index >= 15 is 0 Å². The number of fused-ring (bicyclic) bond motifs is 1. The van der Waals surface area contributed by atoms with Crippen molar-refractivity contribution in [3.63, 3.8) is 0 Å². The fourth-order valence-electron chi connectivity index (χ4n) is 7.06. The van der Waals surface area contributed by atoms with E-state index in [0.717, 1.165) is 66.4 Å². The van der Waals surface area contributed by atoms with Gasteiger partial charge in [-0.05, 0) is 98.4 Å². The highest BCUT2D eigenvalue weighted by molar-refractivity contribution is 8.03. The highest BCUT2D eigenvalue weighted by Crippen LogP contribution is 2.47. The summed E-state index contributed by atoms with van der Waals surface area (Å²) in [6.45, 7) is 11.9. The lowest BCUT2D eigenvalue weighted by Crippen LogP contribution is -2.40. The summed E-state index contributed by atoms with van der Waals surface area (Å²) < 4.78 is 28.2. The van der Waals surface area contributed by atoms with Crippen LogP contribution in [0.15, 0.2) is 112 Å². The SMILES string of the molecule is C=CC(CCN[C@@H](c1ccccn1)C(C)C)[C@H]1CC2=C(C3=N/C(=C/C(C)F)C=C3)[C@H](c3ccc(F)cc3Cl)N=C(C3CC=CS3)N2C1. The molecule has 0 radical (unpaired) electrons. The summed E-state index contributed by atoms with van der Waals surface area (Å²) in [4.78, 5) is 17.3. The smallest absolute Gasteiger partial charge is 0.124 e. The third kappa shape index (κ3) is 7.40. The number of halogens is 3. The molecule has 4 aliphatic rings. The summed E-state index contributed by atoms with van der Waals surface area (Å²) in [5.41, 5.74) is 5.22. The molecule has 0 spiro atoms. The molecule has 0 saturated carbocycles. The Hall–Kier alpha value is -3.33. The highest BCUT2D eigenvalue weighted by atomic mass is 35.5. The van der Waals surface area contributed by atoms with E-state index in [9.17, 15) is 8.78 Å². The van der Waals surface area contributed by atoms with Gasteiger partial charge < -0.3 is 10.2 Å². The van der Waals surface area contributed by atoms with Crippen LogP contribution in [-0.4, -0.2) is 45.9 Å². The van der Waals surface area contributed by atoms with Gasteiger partial charge in [0.1, 0.15) is 23.9 Å². The van der Waals surface area contributed by atoms with Crippen molar-refractivity contribution in [2.24, 2.45) is 27.7 Å². The van der Waals surface area contributed by atoms with Crippen LogP contribution in [0.4, 0.5) is 8.78 Å². The van der Waals surface area contributed by atoms with E-state index in [4.69, 9.17) is 21.6 Å². The number of amidine groups is 1. The van der Waals surface area contributed by atoms with Crippen LogP contribution in [0.2, 0.25) is 5.02 Å². The molecule has 9 heteroatoms. The number of hydrogen-bond acceptors (Lipinski definition) is 6. The summed E-state index contributed by atoms with van der Waals surface area (Å²) >= 11 is 8.50. The van der Waals surface area contributed by atoms with Crippen LogP contribution in [0.3, 0.4) is 0 Å². The second-order valence-corrected chi connectivity index (χ2v) is 14.5. The van der Waals surface area contributed by atoms with E-state index in [1.165, 1.54) is 25.1 Å². The molecule has 0 amide bonds. The zero-order valence-electron chi connectivity index (χ0n) is 27.1. The summed E-state index contributed by atoms with van der Waals surface area (Å²) in [5.74, 6) is 1.57. The number of thioether (sulfide) groups is 1. The normalized spacial score (nSPS) is 25.0. The molecule has 4 aliphatic heterocycles. The average molecular weight is 674 g/mol. The molecule has 1 saturated heterocycles. The standard InChI is InChI=1S/C38H42ClF2N5S/c1-5-25(15-17-43-36(23(2)3)32-9-6-7-16-42-32)26-20-33-35(31-14-12-28(44-31)19-24(4)40)37(29-13-11-27(41)21-30(29)39)45-38(46(33)22-26)34-10-8-18-47-34/h5-9,11-14,16,18-19,21,23-26,34,36-37,43H,1,10,15,17,20,22H2,2-4H3/b28-19+/t24?,25?,26-,34?,36+,37-/m0/s1. The zero-order chi connectivity index (χ0) is 33.1. The monoisotopic (exact) mass is 673 g/mol. The molecule has 6 atom stereocenters. The largest absolute Gasteiger partial charge is 0.332 e.